The van der Waals surface area contributed by atoms with E-state index in [9.17, 15) is 0 Å². The van der Waals surface area contributed by atoms with Crippen LogP contribution < -0.4 is 10.6 Å². The summed E-state index contributed by atoms with van der Waals surface area (Å²) < 4.78 is 0. The van der Waals surface area contributed by atoms with E-state index in [0.29, 0.717) is 18.5 Å². The minimum Gasteiger partial charge on any atom is -0.354 e. The number of aromatic nitrogens is 1. The summed E-state index contributed by atoms with van der Waals surface area (Å²) in [7, 11) is 4.30. The maximum absolute atomic E-state index is 5.87. The van der Waals surface area contributed by atoms with E-state index in [0.717, 1.165) is 18.9 Å². The van der Waals surface area contributed by atoms with Crippen molar-refractivity contribution in [3.63, 3.8) is 0 Å². The van der Waals surface area contributed by atoms with E-state index in [1.807, 2.05) is 12.3 Å². The number of nitrogens with zero attached hydrogens (tertiary/aromatic N) is 3. The first kappa shape index (κ1) is 13.3. The molecule has 0 spiro atoms. The van der Waals surface area contributed by atoms with Crippen LogP contribution in [0, 0.1) is 12.8 Å². The second-order valence-electron chi connectivity index (χ2n) is 5.55. The monoisotopic (exact) mass is 248 g/mol. The van der Waals surface area contributed by atoms with E-state index in [1.54, 1.807) is 0 Å². The number of nitrogens with two attached hydrogens (primary N) is 1. The van der Waals surface area contributed by atoms with Gasteiger partial charge in [0.05, 0.1) is 0 Å². The van der Waals surface area contributed by atoms with Gasteiger partial charge in [0, 0.05) is 37.4 Å². The van der Waals surface area contributed by atoms with Crippen LogP contribution in [0.3, 0.4) is 0 Å². The summed E-state index contributed by atoms with van der Waals surface area (Å²) in [6.45, 7) is 7.08. The first-order valence-corrected chi connectivity index (χ1v) is 6.60. The molecule has 2 unspecified atom stereocenters. The second kappa shape index (κ2) is 5.24. The SMILES string of the molecule is Cc1ccnc(N2CC(C)C(N(C)C)C2)c1CN. The van der Waals surface area contributed by atoms with Crippen molar-refractivity contribution in [1.82, 2.24) is 9.88 Å². The van der Waals surface area contributed by atoms with E-state index in [4.69, 9.17) is 5.73 Å². The van der Waals surface area contributed by atoms with Crippen LogP contribution in [0.1, 0.15) is 18.1 Å². The molecular weight excluding hydrogens is 224 g/mol. The molecule has 0 aliphatic carbocycles. The summed E-state index contributed by atoms with van der Waals surface area (Å²) in [6.07, 6.45) is 1.89. The first-order valence-electron chi connectivity index (χ1n) is 6.60. The van der Waals surface area contributed by atoms with Gasteiger partial charge in [-0.25, -0.2) is 4.98 Å². The Balaban J connectivity index is 2.26. The normalized spacial score (nSPS) is 24.0. The minimum absolute atomic E-state index is 0.562. The molecule has 1 aromatic rings. The van der Waals surface area contributed by atoms with Gasteiger partial charge in [0.25, 0.3) is 0 Å². The Labute approximate surface area is 110 Å². The Kier molecular flexibility index (Phi) is 3.88. The Morgan fingerprint density at radius 1 is 1.44 bits per heavy atom. The second-order valence-corrected chi connectivity index (χ2v) is 5.55. The smallest absolute Gasteiger partial charge is 0.133 e. The fourth-order valence-corrected chi connectivity index (χ4v) is 2.89. The summed E-state index contributed by atoms with van der Waals surface area (Å²) in [5.41, 5.74) is 8.29. The largest absolute Gasteiger partial charge is 0.354 e. The van der Waals surface area contributed by atoms with E-state index >= 15 is 0 Å². The molecule has 0 amide bonds. The highest BCUT2D eigenvalue weighted by molar-refractivity contribution is 5.51. The zero-order chi connectivity index (χ0) is 13.3. The predicted octanol–water partition coefficient (Wildman–Crippen LogP) is 1.24. The highest BCUT2D eigenvalue weighted by Crippen LogP contribution is 2.28. The van der Waals surface area contributed by atoms with Crippen molar-refractivity contribution in [1.29, 1.82) is 0 Å². The van der Waals surface area contributed by atoms with Crippen molar-refractivity contribution in [3.8, 4) is 0 Å². The number of hydrogen-bond donors (Lipinski definition) is 1. The summed E-state index contributed by atoms with van der Waals surface area (Å²) >= 11 is 0. The number of anilines is 1. The third-order valence-electron chi connectivity index (χ3n) is 4.01. The van der Waals surface area contributed by atoms with Gasteiger partial charge in [-0.05, 0) is 38.6 Å². The molecule has 1 fully saturated rings. The van der Waals surface area contributed by atoms with Crippen molar-refractivity contribution in [2.24, 2.45) is 11.7 Å². The third kappa shape index (κ3) is 2.35. The Bertz CT molecular complexity index is 416. The minimum atomic E-state index is 0.562. The highest BCUT2D eigenvalue weighted by Gasteiger charge is 2.32. The number of rotatable bonds is 3. The molecule has 18 heavy (non-hydrogen) atoms. The molecule has 2 N–H and O–H groups in total. The van der Waals surface area contributed by atoms with E-state index in [1.165, 1.54) is 11.1 Å². The Morgan fingerprint density at radius 3 is 2.72 bits per heavy atom. The van der Waals surface area contributed by atoms with Gasteiger partial charge in [0.1, 0.15) is 5.82 Å². The van der Waals surface area contributed by atoms with E-state index < -0.39 is 0 Å². The lowest BCUT2D eigenvalue weighted by molar-refractivity contribution is 0.266. The third-order valence-corrected chi connectivity index (χ3v) is 4.01. The molecule has 2 atom stereocenters. The van der Waals surface area contributed by atoms with Gasteiger partial charge in [0.2, 0.25) is 0 Å². The zero-order valence-electron chi connectivity index (χ0n) is 11.8. The van der Waals surface area contributed by atoms with Crippen LogP contribution in [0.15, 0.2) is 12.3 Å². The molecule has 4 heteroatoms. The molecule has 1 aliphatic heterocycles. The highest BCUT2D eigenvalue weighted by atomic mass is 15.3. The lowest BCUT2D eigenvalue weighted by Gasteiger charge is -2.23. The standard InChI is InChI=1S/C14H24N4/c1-10-5-6-16-14(12(10)7-15)18-8-11(2)13(9-18)17(3)4/h5-6,11,13H,7-9,15H2,1-4H3. The van der Waals surface area contributed by atoms with Gasteiger partial charge in [-0.1, -0.05) is 6.92 Å². The Hall–Kier alpha value is -1.13. The topological polar surface area (TPSA) is 45.4 Å². The van der Waals surface area contributed by atoms with Crippen LogP contribution in [0.4, 0.5) is 5.82 Å². The van der Waals surface area contributed by atoms with E-state index in [2.05, 4.69) is 42.7 Å². The molecule has 1 aromatic heterocycles. The summed E-state index contributed by atoms with van der Waals surface area (Å²) in [5.74, 6) is 1.74. The van der Waals surface area contributed by atoms with Crippen molar-refractivity contribution >= 4 is 5.82 Å². The van der Waals surface area contributed by atoms with Gasteiger partial charge in [-0.3, -0.25) is 0 Å². The number of aryl methyl sites for hydroxylation is 1. The predicted molar refractivity (Wildman–Crippen MR) is 75.7 cm³/mol. The van der Waals surface area contributed by atoms with Crippen LogP contribution in [0.2, 0.25) is 0 Å². The molecule has 1 aliphatic rings. The number of pyridine rings is 1. The molecule has 0 bridgehead atoms. The zero-order valence-corrected chi connectivity index (χ0v) is 11.8. The Morgan fingerprint density at radius 2 is 2.17 bits per heavy atom. The number of likely N-dealkylation sites (N-methyl/N-ethyl adjacent to an activating group) is 1. The molecule has 0 radical (unpaired) electrons. The maximum atomic E-state index is 5.87. The van der Waals surface area contributed by atoms with Crippen molar-refractivity contribution in [3.05, 3.63) is 23.4 Å². The summed E-state index contributed by atoms with van der Waals surface area (Å²) in [6, 6.07) is 2.63. The average molecular weight is 248 g/mol. The quantitative estimate of drug-likeness (QED) is 0.874. The lowest BCUT2D eigenvalue weighted by Crippen LogP contribution is -2.34. The van der Waals surface area contributed by atoms with E-state index in [-0.39, 0.29) is 0 Å². The molecular formula is C14H24N4. The lowest BCUT2D eigenvalue weighted by atomic mass is 10.1. The molecule has 4 nitrogen and oxygen atoms in total. The summed E-state index contributed by atoms with van der Waals surface area (Å²) in [4.78, 5) is 9.24. The molecule has 2 rings (SSSR count). The molecule has 1 saturated heterocycles. The van der Waals surface area contributed by atoms with Crippen LogP contribution >= 0.6 is 0 Å². The van der Waals surface area contributed by atoms with Gasteiger partial charge in [0.15, 0.2) is 0 Å². The summed E-state index contributed by atoms with van der Waals surface area (Å²) in [5, 5.41) is 0. The van der Waals surface area contributed by atoms with Crippen molar-refractivity contribution < 1.29 is 0 Å². The van der Waals surface area contributed by atoms with Gasteiger partial charge in [-0.2, -0.15) is 0 Å². The van der Waals surface area contributed by atoms with Gasteiger partial charge in [-0.15, -0.1) is 0 Å². The van der Waals surface area contributed by atoms with Crippen LogP contribution in [-0.2, 0) is 6.54 Å². The fraction of sp³-hybridized carbons (Fsp3) is 0.643. The fourth-order valence-electron chi connectivity index (χ4n) is 2.89. The van der Waals surface area contributed by atoms with Gasteiger partial charge < -0.3 is 15.5 Å². The van der Waals surface area contributed by atoms with Gasteiger partial charge >= 0.3 is 0 Å². The molecule has 0 saturated carbocycles. The van der Waals surface area contributed by atoms with Crippen molar-refractivity contribution in [2.45, 2.75) is 26.4 Å². The van der Waals surface area contributed by atoms with Crippen molar-refractivity contribution in [2.75, 3.05) is 32.1 Å². The average Bonchev–Trinajstić information content (AvgIpc) is 2.71. The maximum Gasteiger partial charge on any atom is 0.133 e. The molecule has 100 valence electrons. The van der Waals surface area contributed by atoms with Crippen LogP contribution in [0.25, 0.3) is 0 Å². The number of hydrogen-bond acceptors (Lipinski definition) is 4. The first-order chi connectivity index (χ1) is 8.54. The molecule has 0 aromatic carbocycles. The van der Waals surface area contributed by atoms with Crippen LogP contribution in [-0.4, -0.2) is 43.1 Å². The van der Waals surface area contributed by atoms with Crippen LogP contribution in [0.5, 0.6) is 0 Å². The molecule has 2 heterocycles.